The molecule has 0 spiro atoms. The fourth-order valence-corrected chi connectivity index (χ4v) is 4.89. The van der Waals surface area contributed by atoms with Crippen LogP contribution in [0.4, 0.5) is 4.79 Å². The molecule has 1 rings (SSSR count). The summed E-state index contributed by atoms with van der Waals surface area (Å²) in [5, 5.41) is 11.1. The van der Waals surface area contributed by atoms with Crippen LogP contribution in [0, 0.1) is 23.7 Å². The number of carbonyl (C=O) groups is 5. The average molecular weight is 661 g/mol. The number of rotatable bonds is 18. The summed E-state index contributed by atoms with van der Waals surface area (Å²) in [4.78, 5) is 66.4. The molecule has 0 bridgehead atoms. The van der Waals surface area contributed by atoms with Crippen LogP contribution >= 0.6 is 0 Å². The minimum absolute atomic E-state index is 0.0283. The number of benzene rings is 1. The highest BCUT2D eigenvalue weighted by Gasteiger charge is 2.33. The Balaban J connectivity index is 3.14. The van der Waals surface area contributed by atoms with Crippen LogP contribution in [-0.4, -0.2) is 59.6 Å². The van der Waals surface area contributed by atoms with Crippen LogP contribution in [0.15, 0.2) is 30.3 Å². The molecule has 0 aromatic heterocycles. The lowest BCUT2D eigenvalue weighted by atomic mass is 9.98. The number of esters is 1. The third-order valence-corrected chi connectivity index (χ3v) is 6.93. The van der Waals surface area contributed by atoms with Crippen LogP contribution in [0.25, 0.3) is 0 Å². The van der Waals surface area contributed by atoms with Crippen molar-refractivity contribution in [2.45, 2.75) is 138 Å². The predicted octanol–water partition coefficient (Wildman–Crippen LogP) is 5.26. The average Bonchev–Trinajstić information content (AvgIpc) is 2.92. The number of nitrogens with one attached hydrogen (secondary N) is 4. The van der Waals surface area contributed by atoms with Crippen molar-refractivity contribution in [3.8, 4) is 0 Å². The first-order chi connectivity index (χ1) is 21.8. The van der Waals surface area contributed by atoms with Gasteiger partial charge in [-0.2, -0.15) is 0 Å². The molecule has 47 heavy (non-hydrogen) atoms. The highest BCUT2D eigenvalue weighted by molar-refractivity contribution is 5.94. The van der Waals surface area contributed by atoms with Gasteiger partial charge in [0, 0.05) is 0 Å². The van der Waals surface area contributed by atoms with E-state index >= 15 is 0 Å². The molecule has 0 aliphatic rings. The van der Waals surface area contributed by atoms with Gasteiger partial charge in [-0.1, -0.05) is 85.7 Å². The van der Waals surface area contributed by atoms with Gasteiger partial charge in [-0.3, -0.25) is 14.4 Å². The number of hydrogen-bond acceptors (Lipinski definition) is 7. The van der Waals surface area contributed by atoms with Crippen molar-refractivity contribution in [3.63, 3.8) is 0 Å². The lowest BCUT2D eigenvalue weighted by Gasteiger charge is -2.28. The second-order valence-corrected chi connectivity index (χ2v) is 15.0. The first-order valence-electron chi connectivity index (χ1n) is 16.9. The van der Waals surface area contributed by atoms with Crippen LogP contribution in [0.3, 0.4) is 0 Å². The summed E-state index contributed by atoms with van der Waals surface area (Å²) >= 11 is 0. The first kappa shape index (κ1) is 41.4. The monoisotopic (exact) mass is 660 g/mol. The molecule has 1 aromatic carbocycles. The third kappa shape index (κ3) is 17.8. The molecule has 266 valence electrons. The Morgan fingerprint density at radius 1 is 0.574 bits per heavy atom. The summed E-state index contributed by atoms with van der Waals surface area (Å²) in [5.41, 5.74) is 0.0810. The molecule has 11 nitrogen and oxygen atoms in total. The molecule has 1 aromatic rings. The maximum Gasteiger partial charge on any atom is 0.408 e. The van der Waals surface area contributed by atoms with E-state index in [1.54, 1.807) is 20.8 Å². The van der Waals surface area contributed by atoms with E-state index < -0.39 is 59.6 Å². The van der Waals surface area contributed by atoms with Crippen molar-refractivity contribution in [2.75, 3.05) is 0 Å². The Labute approximate surface area is 282 Å². The fraction of sp³-hybridized carbons (Fsp3) is 0.694. The third-order valence-electron chi connectivity index (χ3n) is 6.93. The molecule has 0 unspecified atom stereocenters. The summed E-state index contributed by atoms with van der Waals surface area (Å²) in [6, 6.07) is 5.52. The van der Waals surface area contributed by atoms with Gasteiger partial charge in [0.15, 0.2) is 0 Å². The van der Waals surface area contributed by atoms with Crippen LogP contribution in [-0.2, 0) is 35.3 Å². The zero-order valence-corrected chi connectivity index (χ0v) is 30.4. The summed E-state index contributed by atoms with van der Waals surface area (Å²) in [7, 11) is 0. The highest BCUT2D eigenvalue weighted by atomic mass is 16.6. The smallest absolute Gasteiger partial charge is 0.408 e. The molecular formula is C36H60N4O7. The number of amides is 4. The van der Waals surface area contributed by atoms with Crippen LogP contribution in [0.5, 0.6) is 0 Å². The van der Waals surface area contributed by atoms with Gasteiger partial charge in [0.2, 0.25) is 17.7 Å². The minimum Gasteiger partial charge on any atom is -0.459 e. The molecule has 0 heterocycles. The van der Waals surface area contributed by atoms with Crippen LogP contribution in [0.1, 0.15) is 107 Å². The molecule has 0 saturated carbocycles. The molecular weight excluding hydrogens is 600 g/mol. The quantitative estimate of drug-likeness (QED) is 0.157. The molecule has 4 amide bonds. The largest absolute Gasteiger partial charge is 0.459 e. The molecule has 0 radical (unpaired) electrons. The molecule has 11 heteroatoms. The molecule has 4 N–H and O–H groups in total. The topological polar surface area (TPSA) is 152 Å². The lowest BCUT2D eigenvalue weighted by molar-refractivity contribution is -0.150. The zero-order chi connectivity index (χ0) is 35.9. The fourth-order valence-electron chi connectivity index (χ4n) is 4.89. The van der Waals surface area contributed by atoms with E-state index in [0.717, 1.165) is 5.56 Å². The highest BCUT2D eigenvalue weighted by Crippen LogP contribution is 2.14. The van der Waals surface area contributed by atoms with Gasteiger partial charge in [0.25, 0.3) is 0 Å². The standard InChI is InChI=1S/C36H60N4O7/c1-22(2)17-27(38-33(43)29(19-24(5)6)40-35(45)47-36(9,10)11)31(41)37-28(18-23(3)4)32(42)39-30(20-25(7)8)34(44)46-21-26-15-13-12-14-16-26/h12-16,22-25,27-30H,17-21H2,1-11H3,(H,37,41)(H,38,43)(H,39,42)(H,40,45)/t27-,28-,29-,30-/m0/s1. The lowest BCUT2D eigenvalue weighted by Crippen LogP contribution is -2.58. The van der Waals surface area contributed by atoms with E-state index in [1.165, 1.54) is 0 Å². The molecule has 4 atom stereocenters. The first-order valence-corrected chi connectivity index (χ1v) is 16.9. The number of hydrogen-bond donors (Lipinski definition) is 4. The van der Waals surface area contributed by atoms with Crippen molar-refractivity contribution >= 4 is 29.8 Å². The number of carbonyl (C=O) groups excluding carboxylic acids is 5. The van der Waals surface area contributed by atoms with Crippen molar-refractivity contribution in [1.29, 1.82) is 0 Å². The summed E-state index contributed by atoms with van der Waals surface area (Å²) in [6.45, 7) is 20.7. The Kier molecular flexibility index (Phi) is 17.5. The summed E-state index contributed by atoms with van der Waals surface area (Å²) < 4.78 is 10.9. The molecule has 0 aliphatic heterocycles. The Bertz CT molecular complexity index is 1150. The molecule has 0 saturated heterocycles. The SMILES string of the molecule is CC(C)C[C@H](NC(=O)OC(C)(C)C)C(=O)N[C@@H](CC(C)C)C(=O)N[C@@H](CC(C)C)C(=O)N[C@@H](CC(C)C)C(=O)OCc1ccccc1. The maximum absolute atomic E-state index is 13.7. The van der Waals surface area contributed by atoms with Gasteiger partial charge in [0.05, 0.1) is 0 Å². The Morgan fingerprint density at radius 3 is 1.32 bits per heavy atom. The van der Waals surface area contributed by atoms with Crippen molar-refractivity contribution in [2.24, 2.45) is 23.7 Å². The van der Waals surface area contributed by atoms with Gasteiger partial charge in [-0.15, -0.1) is 0 Å². The normalized spacial score (nSPS) is 14.3. The predicted molar refractivity (Wildman–Crippen MR) is 183 cm³/mol. The second kappa shape index (κ2) is 19.9. The van der Waals surface area contributed by atoms with E-state index in [2.05, 4.69) is 21.3 Å². The summed E-state index contributed by atoms with van der Waals surface area (Å²) in [5.74, 6) is -1.89. The van der Waals surface area contributed by atoms with Crippen LogP contribution < -0.4 is 21.3 Å². The van der Waals surface area contributed by atoms with Gasteiger partial charge in [0.1, 0.15) is 36.4 Å². The van der Waals surface area contributed by atoms with Crippen molar-refractivity contribution < 1.29 is 33.4 Å². The van der Waals surface area contributed by atoms with E-state index in [9.17, 15) is 24.0 Å². The summed E-state index contributed by atoms with van der Waals surface area (Å²) in [6.07, 6.45) is 0.571. The van der Waals surface area contributed by atoms with E-state index in [4.69, 9.17) is 9.47 Å². The van der Waals surface area contributed by atoms with Gasteiger partial charge < -0.3 is 30.7 Å². The Hall–Kier alpha value is -3.63. The van der Waals surface area contributed by atoms with Gasteiger partial charge in [-0.25, -0.2) is 9.59 Å². The second-order valence-electron chi connectivity index (χ2n) is 15.0. The van der Waals surface area contributed by atoms with Gasteiger partial charge in [-0.05, 0) is 75.7 Å². The maximum atomic E-state index is 13.7. The number of ether oxygens (including phenoxy) is 2. The minimum atomic E-state index is -0.970. The van der Waals surface area contributed by atoms with Crippen molar-refractivity contribution in [3.05, 3.63) is 35.9 Å². The number of alkyl carbamates (subject to hydrolysis) is 1. The molecule has 0 aliphatic carbocycles. The van der Waals surface area contributed by atoms with Crippen molar-refractivity contribution in [1.82, 2.24) is 21.3 Å². The van der Waals surface area contributed by atoms with E-state index in [0.29, 0.717) is 25.7 Å². The van der Waals surface area contributed by atoms with E-state index in [-0.39, 0.29) is 30.3 Å². The zero-order valence-electron chi connectivity index (χ0n) is 30.4. The van der Waals surface area contributed by atoms with E-state index in [1.807, 2.05) is 85.7 Å². The van der Waals surface area contributed by atoms with Gasteiger partial charge >= 0.3 is 12.1 Å². The van der Waals surface area contributed by atoms with Crippen LogP contribution in [0.2, 0.25) is 0 Å². The molecule has 0 fully saturated rings. The Morgan fingerprint density at radius 2 is 0.936 bits per heavy atom.